The lowest BCUT2D eigenvalue weighted by atomic mass is 9.92. The molecular formula is C58H39NS. The van der Waals surface area contributed by atoms with Gasteiger partial charge in [0.1, 0.15) is 0 Å². The predicted molar refractivity (Wildman–Crippen MR) is 259 cm³/mol. The zero-order chi connectivity index (χ0) is 39.8. The fourth-order valence-electron chi connectivity index (χ4n) is 8.69. The summed E-state index contributed by atoms with van der Waals surface area (Å²) < 4.78 is 2.62. The van der Waals surface area contributed by atoms with Gasteiger partial charge in [0, 0.05) is 37.2 Å². The zero-order valence-electron chi connectivity index (χ0n) is 32.9. The van der Waals surface area contributed by atoms with Crippen LogP contribution in [0.25, 0.3) is 86.6 Å². The van der Waals surface area contributed by atoms with Crippen LogP contribution in [-0.4, -0.2) is 0 Å². The molecule has 0 N–H and O–H groups in total. The van der Waals surface area contributed by atoms with Gasteiger partial charge < -0.3 is 4.90 Å². The Balaban J connectivity index is 1.09. The Labute approximate surface area is 354 Å². The second kappa shape index (κ2) is 15.3. The lowest BCUT2D eigenvalue weighted by Crippen LogP contribution is -2.10. The summed E-state index contributed by atoms with van der Waals surface area (Å²) >= 11 is 1.88. The number of fused-ring (bicyclic) bond motifs is 4. The van der Waals surface area contributed by atoms with Crippen molar-refractivity contribution in [2.24, 2.45) is 0 Å². The number of thiophene rings is 1. The summed E-state index contributed by atoms with van der Waals surface area (Å²) in [7, 11) is 0. The molecule has 0 aliphatic rings. The van der Waals surface area contributed by atoms with E-state index in [4.69, 9.17) is 0 Å². The van der Waals surface area contributed by atoms with Crippen molar-refractivity contribution in [1.82, 2.24) is 0 Å². The molecule has 1 heterocycles. The molecule has 0 fully saturated rings. The first-order valence-corrected chi connectivity index (χ1v) is 21.3. The smallest absolute Gasteiger partial charge is 0.0468 e. The van der Waals surface area contributed by atoms with Crippen LogP contribution in [0.1, 0.15) is 0 Å². The molecule has 60 heavy (non-hydrogen) atoms. The summed E-state index contributed by atoms with van der Waals surface area (Å²) in [6, 6.07) is 86.2. The summed E-state index contributed by atoms with van der Waals surface area (Å²) in [6.07, 6.45) is 0. The minimum absolute atomic E-state index is 1.09. The first kappa shape index (κ1) is 35.6. The highest BCUT2D eigenvalue weighted by Crippen LogP contribution is 2.45. The van der Waals surface area contributed by atoms with Crippen LogP contribution in [0.3, 0.4) is 0 Å². The van der Waals surface area contributed by atoms with E-state index in [0.717, 1.165) is 17.1 Å². The van der Waals surface area contributed by atoms with E-state index in [0.29, 0.717) is 0 Å². The normalized spacial score (nSPS) is 11.3. The number of nitrogens with zero attached hydrogens (tertiary/aromatic N) is 1. The number of rotatable bonds is 8. The van der Waals surface area contributed by atoms with Gasteiger partial charge in [-0.05, 0) is 121 Å². The standard InChI is InChI=1S/C58H39NS/c1-5-15-40(16-6-1)41-25-28-48(29-26-41)59(49-30-33-51(42-17-7-2-8-18-42)54(38-49)43-19-9-3-10-20-43)50-31-34-52(55(39-50)44-21-11-4-12-22-44)47-27-32-53-56-35-45-23-13-14-24-46(45)36-58(56)60-57(53)37-47/h1-39H. The molecule has 1 aromatic heterocycles. The molecule has 11 rings (SSSR count). The van der Waals surface area contributed by atoms with Gasteiger partial charge in [-0.2, -0.15) is 0 Å². The first-order chi connectivity index (χ1) is 29.7. The van der Waals surface area contributed by atoms with Crippen molar-refractivity contribution >= 4 is 59.3 Å². The first-order valence-electron chi connectivity index (χ1n) is 20.5. The fourth-order valence-corrected chi connectivity index (χ4v) is 9.86. The van der Waals surface area contributed by atoms with Gasteiger partial charge in [-0.3, -0.25) is 0 Å². The van der Waals surface area contributed by atoms with E-state index in [1.54, 1.807) is 0 Å². The Morgan fingerprint density at radius 1 is 0.250 bits per heavy atom. The van der Waals surface area contributed by atoms with Crippen LogP contribution in [0.2, 0.25) is 0 Å². The van der Waals surface area contributed by atoms with Crippen LogP contribution in [0, 0.1) is 0 Å². The summed E-state index contributed by atoms with van der Waals surface area (Å²) in [6.45, 7) is 0. The largest absolute Gasteiger partial charge is 0.310 e. The van der Waals surface area contributed by atoms with Crippen LogP contribution < -0.4 is 4.90 Å². The molecule has 0 radical (unpaired) electrons. The van der Waals surface area contributed by atoms with E-state index in [1.165, 1.54) is 86.6 Å². The van der Waals surface area contributed by atoms with Gasteiger partial charge >= 0.3 is 0 Å². The van der Waals surface area contributed by atoms with Gasteiger partial charge in [-0.25, -0.2) is 0 Å². The van der Waals surface area contributed by atoms with Gasteiger partial charge in [-0.15, -0.1) is 11.3 Å². The van der Waals surface area contributed by atoms with E-state index in [2.05, 4.69) is 241 Å². The third kappa shape index (κ3) is 6.63. The molecule has 0 bridgehead atoms. The lowest BCUT2D eigenvalue weighted by Gasteiger charge is -2.28. The van der Waals surface area contributed by atoms with Crippen molar-refractivity contribution in [3.63, 3.8) is 0 Å². The summed E-state index contributed by atoms with van der Waals surface area (Å²) in [4.78, 5) is 2.41. The molecule has 0 unspecified atom stereocenters. The van der Waals surface area contributed by atoms with Crippen molar-refractivity contribution in [3.05, 3.63) is 237 Å². The fraction of sp³-hybridized carbons (Fsp3) is 0. The third-order valence-corrected chi connectivity index (χ3v) is 12.8. The lowest BCUT2D eigenvalue weighted by molar-refractivity contribution is 1.28. The van der Waals surface area contributed by atoms with Crippen molar-refractivity contribution in [3.8, 4) is 55.6 Å². The van der Waals surface area contributed by atoms with E-state index in [-0.39, 0.29) is 0 Å². The molecule has 0 saturated heterocycles. The van der Waals surface area contributed by atoms with Gasteiger partial charge in [0.25, 0.3) is 0 Å². The summed E-state index contributed by atoms with van der Waals surface area (Å²) in [5, 5.41) is 5.19. The molecule has 0 spiro atoms. The molecule has 282 valence electrons. The van der Waals surface area contributed by atoms with Crippen LogP contribution >= 0.6 is 11.3 Å². The third-order valence-electron chi connectivity index (χ3n) is 11.7. The predicted octanol–water partition coefficient (Wildman–Crippen LogP) is 17.0. The molecule has 0 aliphatic heterocycles. The van der Waals surface area contributed by atoms with Gasteiger partial charge in [-0.1, -0.05) is 182 Å². The Bertz CT molecular complexity index is 3280. The Morgan fingerprint density at radius 2 is 0.667 bits per heavy atom. The van der Waals surface area contributed by atoms with Crippen LogP contribution in [0.4, 0.5) is 17.1 Å². The summed E-state index contributed by atoms with van der Waals surface area (Å²) in [5.74, 6) is 0. The van der Waals surface area contributed by atoms with Crippen molar-refractivity contribution in [2.45, 2.75) is 0 Å². The molecular weight excluding hydrogens is 743 g/mol. The number of hydrogen-bond acceptors (Lipinski definition) is 2. The minimum atomic E-state index is 1.09. The monoisotopic (exact) mass is 781 g/mol. The maximum atomic E-state index is 2.41. The Kier molecular flexibility index (Phi) is 9.11. The topological polar surface area (TPSA) is 3.24 Å². The van der Waals surface area contributed by atoms with E-state index >= 15 is 0 Å². The second-order valence-corrected chi connectivity index (χ2v) is 16.4. The molecule has 0 amide bonds. The Morgan fingerprint density at radius 3 is 1.23 bits per heavy atom. The SMILES string of the molecule is c1ccc(-c2ccc(N(c3ccc(-c4ccccc4)c(-c4ccccc4)c3)c3ccc(-c4ccc5c(c4)sc4cc6ccccc6cc45)c(-c4ccccc4)c3)cc2)cc1. The highest BCUT2D eigenvalue weighted by Gasteiger charge is 2.20. The van der Waals surface area contributed by atoms with Crippen molar-refractivity contribution in [2.75, 3.05) is 4.90 Å². The summed E-state index contributed by atoms with van der Waals surface area (Å²) in [5.41, 5.74) is 15.2. The molecule has 11 aromatic rings. The van der Waals surface area contributed by atoms with Crippen molar-refractivity contribution in [1.29, 1.82) is 0 Å². The quantitative estimate of drug-likeness (QED) is 0.148. The molecule has 1 nitrogen and oxygen atoms in total. The zero-order valence-corrected chi connectivity index (χ0v) is 33.7. The van der Waals surface area contributed by atoms with Gasteiger partial charge in [0.2, 0.25) is 0 Å². The number of hydrogen-bond donors (Lipinski definition) is 0. The molecule has 2 heteroatoms. The highest BCUT2D eigenvalue weighted by atomic mass is 32.1. The van der Waals surface area contributed by atoms with E-state index in [1.807, 2.05) is 11.3 Å². The average Bonchev–Trinajstić information content (AvgIpc) is 3.68. The van der Waals surface area contributed by atoms with Gasteiger partial charge in [0.05, 0.1) is 0 Å². The Hall–Kier alpha value is -7.52. The van der Waals surface area contributed by atoms with Crippen LogP contribution in [0.5, 0.6) is 0 Å². The number of benzene rings is 10. The van der Waals surface area contributed by atoms with E-state index < -0.39 is 0 Å². The van der Waals surface area contributed by atoms with Crippen LogP contribution in [-0.2, 0) is 0 Å². The highest BCUT2D eigenvalue weighted by molar-refractivity contribution is 7.25. The molecule has 10 aromatic carbocycles. The average molecular weight is 782 g/mol. The molecule has 0 aliphatic carbocycles. The molecule has 0 atom stereocenters. The van der Waals surface area contributed by atoms with Gasteiger partial charge in [0.15, 0.2) is 0 Å². The molecule has 0 saturated carbocycles. The van der Waals surface area contributed by atoms with Crippen molar-refractivity contribution < 1.29 is 0 Å². The minimum Gasteiger partial charge on any atom is -0.310 e. The van der Waals surface area contributed by atoms with Crippen LogP contribution in [0.15, 0.2) is 237 Å². The maximum Gasteiger partial charge on any atom is 0.0468 e. The number of anilines is 3. The van der Waals surface area contributed by atoms with E-state index in [9.17, 15) is 0 Å². The maximum absolute atomic E-state index is 2.41. The second-order valence-electron chi connectivity index (χ2n) is 15.3.